The summed E-state index contributed by atoms with van der Waals surface area (Å²) in [4.78, 5) is 25.9. The second-order valence-corrected chi connectivity index (χ2v) is 8.22. The summed E-state index contributed by atoms with van der Waals surface area (Å²) in [6.07, 6.45) is -0.406. The number of methoxy groups -OCH3 is 1. The molecule has 2 amide bonds. The number of hydrogen-bond acceptors (Lipinski definition) is 5. The number of carbonyl (C=O) groups is 2. The lowest BCUT2D eigenvalue weighted by atomic mass is 10.1. The zero-order valence-corrected chi connectivity index (χ0v) is 18.2. The molecule has 150 valence electrons. The maximum Gasteiger partial charge on any atom is 0.411 e. The Kier molecular flexibility index (Phi) is 7.22. The van der Waals surface area contributed by atoms with Crippen molar-refractivity contribution < 1.29 is 23.8 Å². The third kappa shape index (κ3) is 5.65. The van der Waals surface area contributed by atoms with Crippen LogP contribution in [0.5, 0.6) is 5.75 Å². The highest BCUT2D eigenvalue weighted by Crippen LogP contribution is 2.42. The first-order chi connectivity index (χ1) is 12.7. The number of rotatable bonds is 5. The Balaban J connectivity index is 2.18. The van der Waals surface area contributed by atoms with E-state index in [0.29, 0.717) is 41.3 Å². The number of hydrogen-bond donors (Lipinski definition) is 1. The van der Waals surface area contributed by atoms with Gasteiger partial charge in [0, 0.05) is 12.4 Å². The van der Waals surface area contributed by atoms with Crippen molar-refractivity contribution in [2.75, 3.05) is 24.9 Å². The summed E-state index contributed by atoms with van der Waals surface area (Å²) >= 11 is 9.10. The van der Waals surface area contributed by atoms with E-state index in [-0.39, 0.29) is 12.7 Å². The molecule has 0 spiro atoms. The third-order valence-corrected chi connectivity index (χ3v) is 4.83. The second kappa shape index (κ2) is 9.01. The Morgan fingerprint density at radius 2 is 2.04 bits per heavy atom. The van der Waals surface area contributed by atoms with Gasteiger partial charge in [-0.25, -0.2) is 9.59 Å². The summed E-state index contributed by atoms with van der Waals surface area (Å²) in [5, 5.41) is 2.68. The minimum absolute atomic E-state index is 0.232. The van der Waals surface area contributed by atoms with E-state index in [9.17, 15) is 9.59 Å². The molecule has 0 bridgehead atoms. The molecule has 0 radical (unpaired) electrons. The minimum atomic E-state index is -0.590. The van der Waals surface area contributed by atoms with Gasteiger partial charge >= 0.3 is 12.2 Å². The van der Waals surface area contributed by atoms with Gasteiger partial charge in [-0.15, -0.1) is 11.6 Å². The van der Waals surface area contributed by atoms with E-state index in [4.69, 9.17) is 25.8 Å². The van der Waals surface area contributed by atoms with Crippen molar-refractivity contribution in [3.8, 4) is 5.75 Å². The zero-order chi connectivity index (χ0) is 20.2. The van der Waals surface area contributed by atoms with Crippen molar-refractivity contribution in [2.24, 2.45) is 0 Å². The van der Waals surface area contributed by atoms with Gasteiger partial charge in [-0.05, 0) is 60.3 Å². The average Bonchev–Trinajstić information content (AvgIpc) is 2.98. The molecule has 0 unspecified atom stereocenters. The molecular formula is C18H24BrClN2O5. The maximum atomic E-state index is 12.4. The lowest BCUT2D eigenvalue weighted by molar-refractivity contribution is 0.0241. The van der Waals surface area contributed by atoms with Crippen molar-refractivity contribution in [3.63, 3.8) is 0 Å². The van der Waals surface area contributed by atoms with Crippen LogP contribution in [-0.4, -0.2) is 42.3 Å². The summed E-state index contributed by atoms with van der Waals surface area (Å²) in [5.74, 6) is 0.885. The van der Waals surface area contributed by atoms with E-state index in [0.717, 1.165) is 11.1 Å². The molecule has 1 N–H and O–H groups in total. The molecule has 7 nitrogen and oxygen atoms in total. The van der Waals surface area contributed by atoms with E-state index in [1.165, 1.54) is 7.11 Å². The number of halogens is 2. The van der Waals surface area contributed by atoms with Crippen LogP contribution in [-0.2, 0) is 22.6 Å². The monoisotopic (exact) mass is 462 g/mol. The van der Waals surface area contributed by atoms with E-state index in [1.54, 1.807) is 11.0 Å². The van der Waals surface area contributed by atoms with Crippen LogP contribution in [0.3, 0.4) is 0 Å². The SMILES string of the molecule is COc1c(NC(=O)OCCCCl)cc2c(c1Br)CN(C(=O)OC(C)(C)C)C2. The van der Waals surface area contributed by atoms with Crippen LogP contribution in [0.15, 0.2) is 10.5 Å². The molecule has 1 heterocycles. The Hall–Kier alpha value is -1.67. The van der Waals surface area contributed by atoms with Crippen molar-refractivity contribution in [1.29, 1.82) is 0 Å². The first-order valence-corrected chi connectivity index (χ1v) is 9.85. The Morgan fingerprint density at radius 3 is 2.63 bits per heavy atom. The molecule has 1 aromatic carbocycles. The minimum Gasteiger partial charge on any atom is -0.493 e. The molecule has 27 heavy (non-hydrogen) atoms. The average molecular weight is 464 g/mol. The fourth-order valence-electron chi connectivity index (χ4n) is 2.60. The first kappa shape index (κ1) is 21.6. The zero-order valence-electron chi connectivity index (χ0n) is 15.9. The topological polar surface area (TPSA) is 77.1 Å². The summed E-state index contributed by atoms with van der Waals surface area (Å²) < 4.78 is 16.6. The molecule has 0 aliphatic carbocycles. The number of ether oxygens (including phenoxy) is 3. The Bertz CT molecular complexity index is 721. The molecule has 0 saturated carbocycles. The molecule has 0 aromatic heterocycles. The van der Waals surface area contributed by atoms with Gasteiger partial charge < -0.3 is 14.2 Å². The fourth-order valence-corrected chi connectivity index (χ4v) is 3.47. The number of alkyl halides is 1. The lowest BCUT2D eigenvalue weighted by Crippen LogP contribution is -2.33. The molecule has 1 aromatic rings. The van der Waals surface area contributed by atoms with E-state index in [1.807, 2.05) is 20.8 Å². The largest absolute Gasteiger partial charge is 0.493 e. The standard InChI is InChI=1S/C18H24BrClN2O5/c1-18(2,3)27-17(24)22-9-11-8-13(21-16(23)26-7-5-6-20)15(25-4)14(19)12(11)10-22/h8H,5-7,9-10H2,1-4H3,(H,21,23). The van der Waals surface area contributed by atoms with Gasteiger partial charge in [0.1, 0.15) is 5.60 Å². The van der Waals surface area contributed by atoms with Crippen LogP contribution in [0.2, 0.25) is 0 Å². The van der Waals surface area contributed by atoms with Gasteiger partial charge in [0.2, 0.25) is 0 Å². The van der Waals surface area contributed by atoms with Crippen molar-refractivity contribution >= 4 is 45.4 Å². The molecule has 0 fully saturated rings. The highest BCUT2D eigenvalue weighted by atomic mass is 79.9. The molecule has 1 aliphatic rings. The summed E-state index contributed by atoms with van der Waals surface area (Å²) in [6, 6.07) is 1.78. The normalized spacial score (nSPS) is 13.2. The predicted molar refractivity (Wildman–Crippen MR) is 106 cm³/mol. The van der Waals surface area contributed by atoms with E-state index >= 15 is 0 Å². The Morgan fingerprint density at radius 1 is 1.33 bits per heavy atom. The predicted octanol–water partition coefficient (Wildman–Crippen LogP) is 4.89. The molecule has 0 atom stereocenters. The van der Waals surface area contributed by atoms with Crippen molar-refractivity contribution in [1.82, 2.24) is 4.90 Å². The number of fused-ring (bicyclic) bond motifs is 1. The Labute approximate surface area is 172 Å². The van der Waals surface area contributed by atoms with Crippen LogP contribution < -0.4 is 10.1 Å². The number of anilines is 1. The van der Waals surface area contributed by atoms with Gasteiger partial charge in [0.05, 0.1) is 30.4 Å². The first-order valence-electron chi connectivity index (χ1n) is 8.52. The number of amides is 2. The van der Waals surface area contributed by atoms with E-state index in [2.05, 4.69) is 21.2 Å². The highest BCUT2D eigenvalue weighted by Gasteiger charge is 2.31. The maximum absolute atomic E-state index is 12.4. The summed E-state index contributed by atoms with van der Waals surface area (Å²) in [7, 11) is 1.51. The highest BCUT2D eigenvalue weighted by molar-refractivity contribution is 9.10. The summed E-state index contributed by atoms with van der Waals surface area (Å²) in [5.41, 5.74) is 1.70. The summed E-state index contributed by atoms with van der Waals surface area (Å²) in [6.45, 7) is 6.47. The fraction of sp³-hybridized carbons (Fsp3) is 0.556. The molecular weight excluding hydrogens is 440 g/mol. The van der Waals surface area contributed by atoms with Crippen LogP contribution >= 0.6 is 27.5 Å². The number of nitrogens with zero attached hydrogens (tertiary/aromatic N) is 1. The third-order valence-electron chi connectivity index (χ3n) is 3.73. The quantitative estimate of drug-likeness (QED) is 0.497. The lowest BCUT2D eigenvalue weighted by Gasteiger charge is -2.24. The number of benzene rings is 1. The van der Waals surface area contributed by atoms with Crippen molar-refractivity contribution in [3.05, 3.63) is 21.7 Å². The van der Waals surface area contributed by atoms with Crippen LogP contribution in [0, 0.1) is 0 Å². The van der Waals surface area contributed by atoms with Crippen molar-refractivity contribution in [2.45, 2.75) is 45.9 Å². The van der Waals surface area contributed by atoms with Gasteiger partial charge in [0.15, 0.2) is 5.75 Å². The molecule has 9 heteroatoms. The van der Waals surface area contributed by atoms with E-state index < -0.39 is 11.7 Å². The van der Waals surface area contributed by atoms with Crippen LogP contribution in [0.1, 0.15) is 38.3 Å². The van der Waals surface area contributed by atoms with Crippen LogP contribution in [0.25, 0.3) is 0 Å². The molecule has 0 saturated heterocycles. The number of nitrogens with one attached hydrogen (secondary N) is 1. The second-order valence-electron chi connectivity index (χ2n) is 7.05. The van der Waals surface area contributed by atoms with Gasteiger partial charge in [-0.3, -0.25) is 10.2 Å². The van der Waals surface area contributed by atoms with Gasteiger partial charge in [0.25, 0.3) is 0 Å². The van der Waals surface area contributed by atoms with Crippen LogP contribution in [0.4, 0.5) is 15.3 Å². The van der Waals surface area contributed by atoms with Gasteiger partial charge in [-0.1, -0.05) is 0 Å². The smallest absolute Gasteiger partial charge is 0.411 e. The molecule has 2 rings (SSSR count). The van der Waals surface area contributed by atoms with Gasteiger partial charge in [-0.2, -0.15) is 0 Å². The molecule has 1 aliphatic heterocycles. The number of carbonyl (C=O) groups excluding carboxylic acids is 2.